The van der Waals surface area contributed by atoms with E-state index < -0.39 is 26.1 Å². The van der Waals surface area contributed by atoms with Crippen LogP contribution in [0.4, 0.5) is 0 Å². The first kappa shape index (κ1) is 19.0. The fraction of sp³-hybridized carbons (Fsp3) is 1.00. The Morgan fingerprint density at radius 1 is 0.737 bits per heavy atom. The lowest BCUT2D eigenvalue weighted by atomic mass is 10.2. The molecular formula is C12H28O6Si. The van der Waals surface area contributed by atoms with Gasteiger partial charge in [-0.1, -0.05) is 0 Å². The van der Waals surface area contributed by atoms with Crippen LogP contribution in [0.25, 0.3) is 0 Å². The van der Waals surface area contributed by atoms with Crippen molar-refractivity contribution >= 4 is 8.56 Å². The normalized spacial score (nSPS) is 15.6. The molecule has 0 heterocycles. The van der Waals surface area contributed by atoms with Gasteiger partial charge in [0.15, 0.2) is 0 Å². The van der Waals surface area contributed by atoms with Crippen LogP contribution in [0.15, 0.2) is 0 Å². The largest absolute Gasteiger partial charge is 0.404 e. The summed E-state index contributed by atoms with van der Waals surface area (Å²) in [5.74, 6) is 0. The van der Waals surface area contributed by atoms with Crippen molar-refractivity contribution in [3.63, 3.8) is 0 Å². The van der Waals surface area contributed by atoms with Crippen LogP contribution < -0.4 is 0 Å². The summed E-state index contributed by atoms with van der Waals surface area (Å²) < 4.78 is 10.5. The van der Waals surface area contributed by atoms with Crippen LogP contribution in [0, 0.1) is 0 Å². The smallest absolute Gasteiger partial charge is 0.248 e. The number of rotatable bonds is 7. The molecule has 0 aliphatic carbocycles. The molecule has 0 amide bonds. The summed E-state index contributed by atoms with van der Waals surface area (Å²) in [5.41, 5.74) is -0.804. The zero-order chi connectivity index (χ0) is 15.3. The van der Waals surface area contributed by atoms with Gasteiger partial charge in [0.25, 0.3) is 0 Å². The zero-order valence-corrected chi connectivity index (χ0v) is 14.5. The second-order valence-corrected chi connectivity index (χ2v) is 9.85. The third kappa shape index (κ3) is 12.7. The summed E-state index contributed by atoms with van der Waals surface area (Å²) in [5, 5.41) is 0. The Bertz CT molecular complexity index is 256. The Kier molecular flexibility index (Phi) is 7.11. The van der Waals surface area contributed by atoms with Crippen LogP contribution in [0.5, 0.6) is 0 Å². The molecule has 7 heteroatoms. The molecule has 0 spiro atoms. The van der Waals surface area contributed by atoms with Crippen molar-refractivity contribution in [2.24, 2.45) is 0 Å². The summed E-state index contributed by atoms with van der Waals surface area (Å²) in [6.45, 7) is 16.6. The lowest BCUT2D eigenvalue weighted by Gasteiger charge is -2.27. The van der Waals surface area contributed by atoms with Crippen molar-refractivity contribution in [2.45, 2.75) is 79.1 Å². The van der Waals surface area contributed by atoms with Crippen molar-refractivity contribution in [1.29, 1.82) is 0 Å². The highest BCUT2D eigenvalue weighted by Crippen LogP contribution is 2.16. The second-order valence-electron chi connectivity index (χ2n) is 6.72. The maximum Gasteiger partial charge on any atom is 0.404 e. The predicted octanol–water partition coefficient (Wildman–Crippen LogP) is 3.48. The Labute approximate surface area is 117 Å². The van der Waals surface area contributed by atoms with Crippen molar-refractivity contribution in [2.75, 3.05) is 0 Å². The Morgan fingerprint density at radius 3 is 1.63 bits per heavy atom. The summed E-state index contributed by atoms with van der Waals surface area (Å²) in [6, 6.07) is 0. The third-order valence-corrected chi connectivity index (χ3v) is 2.29. The van der Waals surface area contributed by atoms with E-state index in [1.165, 1.54) is 0 Å². The highest BCUT2D eigenvalue weighted by Gasteiger charge is 2.32. The van der Waals surface area contributed by atoms with Crippen LogP contribution in [0.1, 0.15) is 48.5 Å². The van der Waals surface area contributed by atoms with Gasteiger partial charge in [0.2, 0.25) is 6.29 Å². The molecular weight excluding hydrogens is 268 g/mol. The highest BCUT2D eigenvalue weighted by molar-refractivity contribution is 6.64. The number of hydrogen-bond acceptors (Lipinski definition) is 6. The average Bonchev–Trinajstić information content (AvgIpc) is 2.19. The van der Waals surface area contributed by atoms with Gasteiger partial charge in [-0.2, -0.15) is 0 Å². The molecule has 0 N–H and O–H groups in total. The van der Waals surface area contributed by atoms with Gasteiger partial charge in [0.1, 0.15) is 0 Å². The Balaban J connectivity index is 3.96. The first-order valence-electron chi connectivity index (χ1n) is 6.37. The summed E-state index contributed by atoms with van der Waals surface area (Å²) in [7, 11) is -2.53. The molecule has 0 rings (SSSR count). The average molecular weight is 296 g/mol. The minimum absolute atomic E-state index is 0.398. The molecule has 0 saturated heterocycles. The third-order valence-electron chi connectivity index (χ3n) is 1.31. The molecule has 1 atom stereocenters. The fourth-order valence-electron chi connectivity index (χ4n) is 0.651. The van der Waals surface area contributed by atoms with E-state index in [4.69, 9.17) is 28.7 Å². The SMILES string of the molecule is CC(OOC(C)(C)C)OO[Si](C)(C)OOC(C)(C)C. The van der Waals surface area contributed by atoms with Crippen LogP contribution in [-0.2, 0) is 28.7 Å². The van der Waals surface area contributed by atoms with Crippen molar-refractivity contribution < 1.29 is 28.7 Å². The summed E-state index contributed by atoms with van der Waals surface area (Å²) >= 11 is 0. The fourth-order valence-corrected chi connectivity index (χ4v) is 1.50. The minimum atomic E-state index is -2.53. The molecule has 0 fully saturated rings. The maximum absolute atomic E-state index is 5.29. The van der Waals surface area contributed by atoms with E-state index in [-0.39, 0.29) is 0 Å². The summed E-state index contributed by atoms with van der Waals surface area (Å²) in [6.07, 6.45) is -0.663. The quantitative estimate of drug-likeness (QED) is 0.310. The van der Waals surface area contributed by atoms with Gasteiger partial charge in [-0.25, -0.2) is 28.7 Å². The monoisotopic (exact) mass is 296 g/mol. The van der Waals surface area contributed by atoms with Crippen LogP contribution >= 0.6 is 0 Å². The van der Waals surface area contributed by atoms with E-state index in [9.17, 15) is 0 Å². The van der Waals surface area contributed by atoms with Crippen molar-refractivity contribution in [1.82, 2.24) is 0 Å². The van der Waals surface area contributed by atoms with Gasteiger partial charge < -0.3 is 0 Å². The molecule has 0 aliphatic heterocycles. The van der Waals surface area contributed by atoms with Gasteiger partial charge in [-0.15, -0.1) is 0 Å². The molecule has 0 saturated carbocycles. The van der Waals surface area contributed by atoms with Gasteiger partial charge in [-0.05, 0) is 61.6 Å². The number of hydrogen-bond donors (Lipinski definition) is 0. The molecule has 0 aromatic rings. The molecule has 0 radical (unpaired) electrons. The van der Waals surface area contributed by atoms with E-state index in [2.05, 4.69) is 0 Å². The minimum Gasteiger partial charge on any atom is -0.248 e. The Hall–Kier alpha value is -0.0231. The zero-order valence-electron chi connectivity index (χ0n) is 13.5. The summed E-state index contributed by atoms with van der Waals surface area (Å²) in [4.78, 5) is 20.4. The first-order valence-corrected chi connectivity index (χ1v) is 9.18. The van der Waals surface area contributed by atoms with Gasteiger partial charge in [0.05, 0.1) is 11.2 Å². The Morgan fingerprint density at radius 2 is 1.21 bits per heavy atom. The standard InChI is InChI=1S/C12H28O6Si/c1-10(13-15-11(2,3)4)14-17-19(8,9)18-16-12(5,6)7/h10H,1-9H3. The van der Waals surface area contributed by atoms with Crippen molar-refractivity contribution in [3.8, 4) is 0 Å². The van der Waals surface area contributed by atoms with Gasteiger partial charge in [0, 0.05) is 0 Å². The lowest BCUT2D eigenvalue weighted by Crippen LogP contribution is -2.39. The topological polar surface area (TPSA) is 55.4 Å². The lowest BCUT2D eigenvalue weighted by molar-refractivity contribution is -0.464. The molecule has 0 aliphatic rings. The maximum atomic E-state index is 5.29. The van der Waals surface area contributed by atoms with Crippen molar-refractivity contribution in [3.05, 3.63) is 0 Å². The van der Waals surface area contributed by atoms with Gasteiger partial charge in [-0.3, -0.25) is 0 Å². The predicted molar refractivity (Wildman–Crippen MR) is 73.0 cm³/mol. The van der Waals surface area contributed by atoms with Crippen LogP contribution in [0.3, 0.4) is 0 Å². The van der Waals surface area contributed by atoms with E-state index in [0.717, 1.165) is 0 Å². The highest BCUT2D eigenvalue weighted by atomic mass is 28.4. The second kappa shape index (κ2) is 7.12. The molecule has 0 aromatic carbocycles. The molecule has 6 nitrogen and oxygen atoms in total. The van der Waals surface area contributed by atoms with E-state index in [0.29, 0.717) is 0 Å². The van der Waals surface area contributed by atoms with E-state index in [1.54, 1.807) is 20.0 Å². The van der Waals surface area contributed by atoms with Crippen LogP contribution in [0.2, 0.25) is 13.1 Å². The van der Waals surface area contributed by atoms with Gasteiger partial charge >= 0.3 is 8.56 Å². The van der Waals surface area contributed by atoms with E-state index >= 15 is 0 Å². The first-order chi connectivity index (χ1) is 8.31. The molecule has 116 valence electrons. The van der Waals surface area contributed by atoms with E-state index in [1.807, 2.05) is 41.5 Å². The molecule has 1 unspecified atom stereocenters. The molecule has 0 aromatic heterocycles. The molecule has 0 bridgehead atoms. The molecule has 19 heavy (non-hydrogen) atoms. The van der Waals surface area contributed by atoms with Crippen LogP contribution in [-0.4, -0.2) is 26.1 Å².